The van der Waals surface area contributed by atoms with Gasteiger partial charge in [-0.2, -0.15) is 0 Å². The summed E-state index contributed by atoms with van der Waals surface area (Å²) in [7, 11) is 0. The topological polar surface area (TPSA) is 50.3 Å². The molecule has 0 spiro atoms. The van der Waals surface area contributed by atoms with Gasteiger partial charge in [-0.1, -0.05) is 42.3 Å². The van der Waals surface area contributed by atoms with Gasteiger partial charge in [0.25, 0.3) is 11.8 Å². The molecule has 2 amide bonds. The summed E-state index contributed by atoms with van der Waals surface area (Å²) in [5.74, 6) is 0.0137. The molecule has 0 radical (unpaired) electrons. The number of hydrogen-bond acceptors (Lipinski definition) is 4. The Morgan fingerprint density at radius 2 is 1.96 bits per heavy atom. The first-order valence-corrected chi connectivity index (χ1v) is 9.34. The van der Waals surface area contributed by atoms with Crippen molar-refractivity contribution >= 4 is 52.4 Å². The molecule has 0 saturated heterocycles. The summed E-state index contributed by atoms with van der Waals surface area (Å²) >= 11 is 13.6. The van der Waals surface area contributed by atoms with Crippen LogP contribution in [0.2, 0.25) is 10.0 Å². The number of aromatic nitrogens is 1. The van der Waals surface area contributed by atoms with Crippen molar-refractivity contribution in [3.05, 3.63) is 68.8 Å². The molecule has 2 aromatic rings. The molecule has 0 bridgehead atoms. The second-order valence-electron chi connectivity index (χ2n) is 5.32. The summed E-state index contributed by atoms with van der Waals surface area (Å²) in [5.41, 5.74) is 1.64. The number of nitrogens with zero attached hydrogens (tertiary/aromatic N) is 2. The van der Waals surface area contributed by atoms with E-state index in [-0.39, 0.29) is 18.4 Å². The molecule has 0 aliphatic carbocycles. The standard InChI is InChI=1S/C18H14Cl2N2O2S/c1-2-25-16-15(13-6-5-12(19)8-14(13)20)17(23)22(18(16)24)10-11-4-3-7-21-9-11/h3-9H,2,10H2,1H3. The predicted octanol–water partition coefficient (Wildman–Crippen LogP) is 4.42. The van der Waals surface area contributed by atoms with Crippen molar-refractivity contribution in [1.29, 1.82) is 0 Å². The Hall–Kier alpha value is -1.82. The monoisotopic (exact) mass is 392 g/mol. The molecule has 0 saturated carbocycles. The lowest BCUT2D eigenvalue weighted by atomic mass is 10.1. The Labute approximate surface area is 159 Å². The van der Waals surface area contributed by atoms with E-state index in [9.17, 15) is 9.59 Å². The largest absolute Gasteiger partial charge is 0.269 e. The van der Waals surface area contributed by atoms with Gasteiger partial charge in [0.2, 0.25) is 0 Å². The fourth-order valence-electron chi connectivity index (χ4n) is 2.58. The Morgan fingerprint density at radius 1 is 1.16 bits per heavy atom. The zero-order valence-corrected chi connectivity index (χ0v) is 15.7. The van der Waals surface area contributed by atoms with Crippen LogP contribution in [0.5, 0.6) is 0 Å². The number of pyridine rings is 1. The van der Waals surface area contributed by atoms with E-state index < -0.39 is 0 Å². The van der Waals surface area contributed by atoms with Crippen molar-refractivity contribution in [3.63, 3.8) is 0 Å². The number of hydrogen-bond donors (Lipinski definition) is 0. The van der Waals surface area contributed by atoms with Crippen molar-refractivity contribution in [3.8, 4) is 0 Å². The van der Waals surface area contributed by atoms with Gasteiger partial charge in [-0.05, 0) is 29.5 Å². The lowest BCUT2D eigenvalue weighted by Crippen LogP contribution is -2.31. The summed E-state index contributed by atoms with van der Waals surface area (Å²) in [5, 5.41) is 0.823. The molecular formula is C18H14Cl2N2O2S. The van der Waals surface area contributed by atoms with Crippen LogP contribution in [-0.4, -0.2) is 27.5 Å². The van der Waals surface area contributed by atoms with Crippen LogP contribution in [0, 0.1) is 0 Å². The quantitative estimate of drug-likeness (QED) is 0.706. The molecule has 0 fully saturated rings. The Balaban J connectivity index is 2.02. The molecule has 1 aliphatic rings. The maximum atomic E-state index is 13.0. The number of amides is 2. The summed E-state index contributed by atoms with van der Waals surface area (Å²) < 4.78 is 0. The van der Waals surface area contributed by atoms with Crippen LogP contribution in [0.25, 0.3) is 5.57 Å². The minimum atomic E-state index is -0.353. The molecule has 7 heteroatoms. The highest BCUT2D eigenvalue weighted by Gasteiger charge is 2.39. The van der Waals surface area contributed by atoms with Gasteiger partial charge >= 0.3 is 0 Å². The van der Waals surface area contributed by atoms with Crippen molar-refractivity contribution in [2.24, 2.45) is 0 Å². The molecule has 3 rings (SSSR count). The normalized spacial score (nSPS) is 14.6. The highest BCUT2D eigenvalue weighted by atomic mass is 35.5. The zero-order chi connectivity index (χ0) is 18.0. The average molecular weight is 393 g/mol. The number of thioether (sulfide) groups is 1. The van der Waals surface area contributed by atoms with Crippen molar-refractivity contribution in [2.45, 2.75) is 13.5 Å². The van der Waals surface area contributed by atoms with Crippen LogP contribution < -0.4 is 0 Å². The van der Waals surface area contributed by atoms with E-state index in [1.54, 1.807) is 36.7 Å². The first kappa shape index (κ1) is 18.0. The lowest BCUT2D eigenvalue weighted by molar-refractivity contribution is -0.137. The van der Waals surface area contributed by atoms with E-state index >= 15 is 0 Å². The van der Waals surface area contributed by atoms with Gasteiger partial charge < -0.3 is 0 Å². The van der Waals surface area contributed by atoms with Gasteiger partial charge in [0.15, 0.2) is 0 Å². The Kier molecular flexibility index (Phi) is 5.47. The second-order valence-corrected chi connectivity index (χ2v) is 7.44. The van der Waals surface area contributed by atoms with Crippen LogP contribution in [0.4, 0.5) is 0 Å². The Morgan fingerprint density at radius 3 is 2.60 bits per heavy atom. The van der Waals surface area contributed by atoms with Crippen molar-refractivity contribution in [1.82, 2.24) is 9.88 Å². The highest BCUT2D eigenvalue weighted by Crippen LogP contribution is 2.39. The lowest BCUT2D eigenvalue weighted by Gasteiger charge is -2.15. The molecule has 128 valence electrons. The molecule has 1 aromatic carbocycles. The second kappa shape index (κ2) is 7.60. The Bertz CT molecular complexity index is 869. The molecule has 25 heavy (non-hydrogen) atoms. The molecule has 0 atom stereocenters. The van der Waals surface area contributed by atoms with Crippen LogP contribution in [-0.2, 0) is 16.1 Å². The highest BCUT2D eigenvalue weighted by molar-refractivity contribution is 8.04. The SMILES string of the molecule is CCSC1=C(c2ccc(Cl)cc2Cl)C(=O)N(Cc2cccnc2)C1=O. The van der Waals surface area contributed by atoms with Crippen LogP contribution >= 0.6 is 35.0 Å². The third kappa shape index (κ3) is 3.59. The number of carbonyl (C=O) groups excluding carboxylic acids is 2. The number of halogens is 2. The number of carbonyl (C=O) groups is 2. The first-order chi connectivity index (χ1) is 12.0. The third-order valence-electron chi connectivity index (χ3n) is 3.68. The average Bonchev–Trinajstić information content (AvgIpc) is 2.81. The number of benzene rings is 1. The minimum absolute atomic E-state index is 0.175. The molecule has 0 unspecified atom stereocenters. The van der Waals surface area contributed by atoms with Gasteiger partial charge in [-0.25, -0.2) is 0 Å². The maximum Gasteiger partial charge on any atom is 0.268 e. The third-order valence-corrected chi connectivity index (χ3v) is 5.18. The van der Waals surface area contributed by atoms with E-state index in [1.165, 1.54) is 16.7 Å². The van der Waals surface area contributed by atoms with Gasteiger partial charge in [-0.3, -0.25) is 19.5 Å². The molecule has 1 aromatic heterocycles. The summed E-state index contributed by atoms with van der Waals surface area (Å²) in [4.78, 5) is 31.5. The van der Waals surface area contributed by atoms with Crippen LogP contribution in [0.15, 0.2) is 47.6 Å². The fraction of sp³-hybridized carbons (Fsp3) is 0.167. The summed E-state index contributed by atoms with van der Waals surface area (Å²) in [6.45, 7) is 2.11. The number of rotatable bonds is 5. The molecule has 4 nitrogen and oxygen atoms in total. The van der Waals surface area contributed by atoms with Gasteiger partial charge in [0.1, 0.15) is 0 Å². The number of imide groups is 1. The molecule has 0 N–H and O–H groups in total. The van der Waals surface area contributed by atoms with E-state index in [4.69, 9.17) is 23.2 Å². The summed E-state index contributed by atoms with van der Waals surface area (Å²) in [6, 6.07) is 8.50. The summed E-state index contributed by atoms with van der Waals surface area (Å²) in [6.07, 6.45) is 3.28. The molecule has 1 aliphatic heterocycles. The molecular weight excluding hydrogens is 379 g/mol. The van der Waals surface area contributed by atoms with E-state index in [2.05, 4.69) is 4.98 Å². The smallest absolute Gasteiger partial charge is 0.268 e. The van der Waals surface area contributed by atoms with Crippen molar-refractivity contribution in [2.75, 3.05) is 5.75 Å². The van der Waals surface area contributed by atoms with Gasteiger partial charge in [0.05, 0.1) is 22.0 Å². The van der Waals surface area contributed by atoms with Crippen molar-refractivity contribution < 1.29 is 9.59 Å². The zero-order valence-electron chi connectivity index (χ0n) is 13.3. The first-order valence-electron chi connectivity index (χ1n) is 7.60. The maximum absolute atomic E-state index is 13.0. The van der Waals surface area contributed by atoms with E-state index in [0.29, 0.717) is 31.8 Å². The van der Waals surface area contributed by atoms with Crippen LogP contribution in [0.3, 0.4) is 0 Å². The van der Waals surface area contributed by atoms with Crippen LogP contribution in [0.1, 0.15) is 18.1 Å². The van der Waals surface area contributed by atoms with E-state index in [0.717, 1.165) is 5.56 Å². The molecule has 2 heterocycles. The predicted molar refractivity (Wildman–Crippen MR) is 101 cm³/mol. The fourth-order valence-corrected chi connectivity index (χ4v) is 3.95. The van der Waals surface area contributed by atoms with Gasteiger partial charge in [-0.15, -0.1) is 11.8 Å². The minimum Gasteiger partial charge on any atom is -0.269 e. The van der Waals surface area contributed by atoms with E-state index in [1.807, 2.05) is 13.0 Å². The van der Waals surface area contributed by atoms with Gasteiger partial charge in [0, 0.05) is 23.0 Å².